The van der Waals surface area contributed by atoms with Crippen molar-refractivity contribution in [2.75, 3.05) is 0 Å². The van der Waals surface area contributed by atoms with Crippen LogP contribution in [-0.2, 0) is 62.9 Å². The smallest absolute Gasteiger partial charge is 0 e. The molecule has 0 rings (SSSR count). The van der Waals surface area contributed by atoms with Gasteiger partial charge in [-0.25, -0.2) is 0 Å². The molecule has 0 unspecified atom stereocenters. The van der Waals surface area contributed by atoms with Crippen molar-refractivity contribution in [2.45, 2.75) is 79.1 Å². The normalized spacial score (nSPS) is 6.86. The van der Waals surface area contributed by atoms with Gasteiger partial charge < -0.3 is 15.3 Å². The quantitative estimate of drug-likeness (QED) is 0.197. The molecule has 0 aliphatic carbocycles. The Balaban J connectivity index is -0.0000000169. The van der Waals surface area contributed by atoms with Gasteiger partial charge in [-0.05, 0) is 62.3 Å². The fraction of sp³-hybridized carbons (Fsp3) is 0.706. The molecule has 0 saturated heterocycles. The van der Waals surface area contributed by atoms with Crippen LogP contribution in [0.15, 0.2) is 0 Å². The summed E-state index contributed by atoms with van der Waals surface area (Å²) in [4.78, 5) is 0. The van der Waals surface area contributed by atoms with Crippen LogP contribution in [0.4, 0.5) is 0 Å². The van der Waals surface area contributed by atoms with E-state index >= 15 is 0 Å². The summed E-state index contributed by atoms with van der Waals surface area (Å²) >= 11 is 1.28. The van der Waals surface area contributed by atoms with Gasteiger partial charge in [-0.1, -0.05) is 0 Å². The third kappa shape index (κ3) is 114000. The summed E-state index contributed by atoms with van der Waals surface area (Å²) in [5.74, 6) is 0. The van der Waals surface area contributed by atoms with Crippen molar-refractivity contribution in [1.82, 2.24) is 0 Å². The van der Waals surface area contributed by atoms with Gasteiger partial charge in [0.15, 0.2) is 0 Å². The van der Waals surface area contributed by atoms with Gasteiger partial charge in [0.2, 0.25) is 0 Å². The van der Waals surface area contributed by atoms with Crippen LogP contribution in [0.25, 0.3) is 0 Å². The van der Waals surface area contributed by atoms with Crippen LogP contribution < -0.4 is 0 Å². The zero-order chi connectivity index (χ0) is 25.5. The third-order valence-corrected chi connectivity index (χ3v) is 0. The van der Waals surface area contributed by atoms with E-state index in [9.17, 15) is 0 Å². The molecule has 0 spiro atoms. The van der Waals surface area contributed by atoms with Crippen molar-refractivity contribution in [3.05, 3.63) is 33.3 Å². The zero-order valence-corrected chi connectivity index (χ0v) is 24.4. The van der Waals surface area contributed by atoms with Crippen molar-refractivity contribution < 1.29 is 78.2 Å². The second-order valence-corrected chi connectivity index (χ2v) is 6.51. The fourth-order valence-corrected chi connectivity index (χ4v) is 0. The molecule has 0 heterocycles. The first-order valence-corrected chi connectivity index (χ1v) is 10.7. The number of rotatable bonds is 0. The van der Waals surface area contributed by atoms with Crippen LogP contribution >= 0.6 is 6.65 Å². The van der Waals surface area contributed by atoms with Crippen molar-refractivity contribution in [3.63, 3.8) is 0 Å². The Morgan fingerprint density at radius 3 is 0.464 bits per heavy atom. The Morgan fingerprint density at radius 1 is 0.464 bits per heavy atom. The molecule has 0 aliphatic heterocycles. The Hall–Kier alpha value is 0.387. The number of hydrogen-bond donors (Lipinski definition) is 3. The van der Waals surface area contributed by atoms with E-state index in [1.807, 2.05) is 0 Å². The maximum atomic E-state index is 8.52. The van der Waals surface area contributed by atoms with E-state index in [2.05, 4.69) is 39.9 Å². The molecule has 0 radical (unpaired) electrons. The fourth-order valence-electron chi connectivity index (χ4n) is 0. The molecule has 28 heavy (non-hydrogen) atoms. The second-order valence-electron chi connectivity index (χ2n) is 6.51. The largest absolute Gasteiger partial charge is 0 e. The van der Waals surface area contributed by atoms with Crippen LogP contribution in [0.2, 0.25) is 0 Å². The molecular formula is C17H30O8PW2. The number of hydrogen-bond acceptors (Lipinski definition) is 3. The Bertz CT molecular complexity index is 261. The first-order valence-electron chi connectivity index (χ1n) is 6.37. The third-order valence-electron chi connectivity index (χ3n) is 0. The molecule has 0 atom stereocenters. The van der Waals surface area contributed by atoms with E-state index in [0.29, 0.717) is 0 Å². The van der Waals surface area contributed by atoms with Gasteiger partial charge in [0.05, 0.1) is 16.8 Å². The molecule has 0 fully saturated rings. The molecule has 11 heteroatoms. The van der Waals surface area contributed by atoms with Gasteiger partial charge in [0.1, 0.15) is 0 Å². The summed E-state index contributed by atoms with van der Waals surface area (Å²) in [6.07, 6.45) is 0. The predicted molar refractivity (Wildman–Crippen MR) is 92.5 cm³/mol. The molecule has 163 valence electrons. The SMILES string of the molecule is CC(C)(C)O.CC(C)(C)O.CC(C)(C)O.[C-]#[O+].[C-]#[O+].[C-]#[O+].[C-]#[O+].[C-]#[O+].[P]#[W].[W]. The Kier molecular flexibility index (Phi) is 127. The minimum Gasteiger partial charge on any atom is 0 e. The Labute approximate surface area is 196 Å². The Morgan fingerprint density at radius 2 is 0.464 bits per heavy atom. The first-order chi connectivity index (χ1) is 12.0. The standard InChI is InChI=1S/3C4H10O.5CO.P.2W/c3*1-4(2,3)5;5*1-2;;;/h3*5H,1-3H3;;;;;;;;. The summed E-state index contributed by atoms with van der Waals surface area (Å²) in [7, 11) is 0. The molecule has 8 nitrogen and oxygen atoms in total. The van der Waals surface area contributed by atoms with E-state index < -0.39 is 16.8 Å². The van der Waals surface area contributed by atoms with Crippen molar-refractivity contribution >= 4 is 6.65 Å². The van der Waals surface area contributed by atoms with Gasteiger partial charge >= 0.3 is 81.7 Å². The molecule has 3 N–H and O–H groups in total. The summed E-state index contributed by atoms with van der Waals surface area (Å²) in [5, 5.41) is 25.6. The van der Waals surface area contributed by atoms with E-state index in [0.717, 1.165) is 0 Å². The van der Waals surface area contributed by atoms with Gasteiger partial charge in [-0.2, -0.15) is 0 Å². The summed E-state index contributed by atoms with van der Waals surface area (Å²) in [5.41, 5.74) is -1.50. The van der Waals surface area contributed by atoms with Crippen LogP contribution in [0, 0.1) is 33.3 Å². The molecule has 0 aromatic carbocycles. The minimum absolute atomic E-state index is 0. The van der Waals surface area contributed by atoms with Crippen molar-refractivity contribution in [2.24, 2.45) is 0 Å². The molecule has 0 aliphatic rings. The maximum Gasteiger partial charge on any atom is 0 e. The molecule has 0 bridgehead atoms. The summed E-state index contributed by atoms with van der Waals surface area (Å²) in [6, 6.07) is 0. The monoisotopic (exact) mass is 761 g/mol. The van der Waals surface area contributed by atoms with Gasteiger partial charge in [-0.15, -0.1) is 0 Å². The van der Waals surface area contributed by atoms with Crippen LogP contribution in [-0.4, -0.2) is 32.1 Å². The van der Waals surface area contributed by atoms with E-state index in [-0.39, 0.29) is 21.1 Å². The van der Waals surface area contributed by atoms with Crippen molar-refractivity contribution in [3.8, 4) is 0 Å². The molecule has 0 aromatic heterocycles. The van der Waals surface area contributed by atoms with E-state index in [1.165, 1.54) is 18.6 Å². The topological polar surface area (TPSA) is 160 Å². The summed E-state index contributed by atoms with van der Waals surface area (Å²) in [6.45, 7) is 41.8. The van der Waals surface area contributed by atoms with Gasteiger partial charge in [0, 0.05) is 21.1 Å². The first kappa shape index (κ1) is 63.0. The van der Waals surface area contributed by atoms with Crippen LogP contribution in [0.3, 0.4) is 0 Å². The molecule has 0 amide bonds. The number of aliphatic hydroxyl groups is 3. The molecule has 0 aromatic rings. The second kappa shape index (κ2) is 56.4. The van der Waals surface area contributed by atoms with Gasteiger partial charge in [-0.3, -0.25) is 0 Å². The minimum atomic E-state index is -0.500. The maximum absolute atomic E-state index is 8.52. The average Bonchev–Trinajstić information content (AvgIpc) is 2.54. The van der Waals surface area contributed by atoms with Crippen LogP contribution in [0.5, 0.6) is 0 Å². The van der Waals surface area contributed by atoms with E-state index in [1.54, 1.807) is 62.3 Å². The molecular weight excluding hydrogens is 731 g/mol. The molecule has 0 saturated carbocycles. The summed E-state index contributed by atoms with van der Waals surface area (Å²) < 4.78 is 37.5. The average molecular weight is 761 g/mol. The van der Waals surface area contributed by atoms with Crippen molar-refractivity contribution in [1.29, 1.82) is 0 Å². The van der Waals surface area contributed by atoms with Crippen LogP contribution in [0.1, 0.15) is 62.3 Å². The predicted octanol–water partition coefficient (Wildman–Crippen LogP) is 3.00. The van der Waals surface area contributed by atoms with Gasteiger partial charge in [0.25, 0.3) is 0 Å². The zero-order valence-electron chi connectivity index (χ0n) is 17.6. The van der Waals surface area contributed by atoms with E-state index in [4.69, 9.17) is 38.6 Å².